The third-order valence-electron chi connectivity index (χ3n) is 3.45. The summed E-state index contributed by atoms with van der Waals surface area (Å²) in [6.07, 6.45) is 2.29. The van der Waals surface area contributed by atoms with Gasteiger partial charge >= 0.3 is 5.97 Å². The van der Waals surface area contributed by atoms with E-state index in [9.17, 15) is 4.79 Å². The Hall–Kier alpha value is -0.570. The lowest BCUT2D eigenvalue weighted by Crippen LogP contribution is -2.65. The molecule has 3 nitrogen and oxygen atoms in total. The van der Waals surface area contributed by atoms with Crippen molar-refractivity contribution in [3.63, 3.8) is 0 Å². The van der Waals surface area contributed by atoms with Crippen LogP contribution in [0.1, 0.15) is 19.8 Å². The van der Waals surface area contributed by atoms with E-state index in [-0.39, 0.29) is 18.0 Å². The van der Waals surface area contributed by atoms with Crippen LogP contribution in [0, 0.1) is 17.3 Å². The van der Waals surface area contributed by atoms with Gasteiger partial charge in [0.1, 0.15) is 0 Å². The van der Waals surface area contributed by atoms with Gasteiger partial charge < -0.3 is 9.84 Å². The highest BCUT2D eigenvalue weighted by Crippen LogP contribution is 2.68. The summed E-state index contributed by atoms with van der Waals surface area (Å²) in [5.74, 6) is 0.916. The van der Waals surface area contributed by atoms with Crippen molar-refractivity contribution in [3.05, 3.63) is 0 Å². The maximum atomic E-state index is 10.6. The minimum atomic E-state index is -0.212. The van der Waals surface area contributed by atoms with Gasteiger partial charge in [-0.05, 0) is 24.7 Å². The molecule has 3 aliphatic carbocycles. The van der Waals surface area contributed by atoms with Crippen LogP contribution in [0.5, 0.6) is 0 Å². The Bertz CT molecular complexity index is 206. The van der Waals surface area contributed by atoms with Crippen molar-refractivity contribution >= 4 is 5.97 Å². The molecule has 1 atom stereocenters. The molecule has 1 N–H and O–H groups in total. The van der Waals surface area contributed by atoms with Crippen molar-refractivity contribution in [3.8, 4) is 0 Å². The third kappa shape index (κ3) is 0.891. The first-order chi connectivity index (χ1) is 5.68. The second-order valence-corrected chi connectivity index (χ2v) is 4.10. The van der Waals surface area contributed by atoms with E-state index in [1.165, 1.54) is 6.92 Å². The van der Waals surface area contributed by atoms with Gasteiger partial charge in [0.15, 0.2) is 0 Å². The topological polar surface area (TPSA) is 46.5 Å². The smallest absolute Gasteiger partial charge is 0.302 e. The molecule has 3 fully saturated rings. The summed E-state index contributed by atoms with van der Waals surface area (Å²) in [6.45, 7) is 2.20. The number of hydrogen-bond donors (Lipinski definition) is 1. The van der Waals surface area contributed by atoms with Gasteiger partial charge in [0.05, 0.1) is 6.61 Å². The molecule has 2 bridgehead atoms. The fraction of sp³-hybridized carbons (Fsp3) is 0.889. The quantitative estimate of drug-likeness (QED) is 0.630. The van der Waals surface area contributed by atoms with Gasteiger partial charge in [0.25, 0.3) is 0 Å². The molecule has 68 valence electrons. The first-order valence-electron chi connectivity index (χ1n) is 4.42. The third-order valence-corrected chi connectivity index (χ3v) is 3.45. The van der Waals surface area contributed by atoms with Gasteiger partial charge in [-0.15, -0.1) is 0 Å². The van der Waals surface area contributed by atoms with E-state index in [0.717, 1.165) is 12.8 Å². The van der Waals surface area contributed by atoms with E-state index >= 15 is 0 Å². The molecule has 0 saturated heterocycles. The lowest BCUT2D eigenvalue weighted by atomic mass is 9.38. The minimum absolute atomic E-state index is 0.172. The van der Waals surface area contributed by atoms with E-state index in [0.29, 0.717) is 18.4 Å². The Morgan fingerprint density at radius 1 is 1.67 bits per heavy atom. The molecule has 0 spiro atoms. The Labute approximate surface area is 71.7 Å². The molecule has 0 heterocycles. The van der Waals surface area contributed by atoms with E-state index in [4.69, 9.17) is 9.84 Å². The van der Waals surface area contributed by atoms with Crippen molar-refractivity contribution < 1.29 is 14.6 Å². The van der Waals surface area contributed by atoms with Gasteiger partial charge in [-0.3, -0.25) is 4.79 Å². The van der Waals surface area contributed by atoms with Crippen molar-refractivity contribution in [1.29, 1.82) is 0 Å². The average molecular weight is 170 g/mol. The summed E-state index contributed by atoms with van der Waals surface area (Å²) >= 11 is 0. The number of aliphatic hydroxyl groups excluding tert-OH is 1. The molecule has 3 aliphatic rings. The lowest BCUT2D eigenvalue weighted by molar-refractivity contribution is -0.232. The lowest BCUT2D eigenvalue weighted by Gasteiger charge is -2.67. The number of carbonyl (C=O) groups is 1. The van der Waals surface area contributed by atoms with Gasteiger partial charge in [0.2, 0.25) is 0 Å². The predicted octanol–water partition coefficient (Wildman–Crippen LogP) is 0.568. The zero-order valence-corrected chi connectivity index (χ0v) is 7.25. The maximum absolute atomic E-state index is 10.6. The summed E-state index contributed by atoms with van der Waals surface area (Å²) in [5.41, 5.74) is 0.172. The monoisotopic (exact) mass is 170 g/mol. The number of hydrogen-bond acceptors (Lipinski definition) is 3. The van der Waals surface area contributed by atoms with Crippen LogP contribution >= 0.6 is 0 Å². The second kappa shape index (κ2) is 2.46. The molecular weight excluding hydrogens is 156 g/mol. The van der Waals surface area contributed by atoms with E-state index in [1.54, 1.807) is 0 Å². The Morgan fingerprint density at radius 2 is 2.33 bits per heavy atom. The Kier molecular flexibility index (Phi) is 1.65. The summed E-state index contributed by atoms with van der Waals surface area (Å²) in [4.78, 5) is 10.6. The van der Waals surface area contributed by atoms with Crippen molar-refractivity contribution in [2.45, 2.75) is 19.8 Å². The number of esters is 1. The summed E-state index contributed by atoms with van der Waals surface area (Å²) in [6, 6.07) is 0. The molecule has 0 aromatic carbocycles. The Balaban J connectivity index is 1.84. The van der Waals surface area contributed by atoms with Gasteiger partial charge in [-0.25, -0.2) is 0 Å². The van der Waals surface area contributed by atoms with E-state index in [2.05, 4.69) is 0 Å². The van der Waals surface area contributed by atoms with Crippen LogP contribution in [0.15, 0.2) is 0 Å². The molecule has 0 aromatic heterocycles. The normalized spacial score (nSPS) is 42.8. The highest BCUT2D eigenvalue weighted by Gasteiger charge is 2.65. The molecule has 3 rings (SSSR count). The van der Waals surface area contributed by atoms with Crippen LogP contribution in [0.25, 0.3) is 0 Å². The number of carbonyl (C=O) groups excluding carboxylic acids is 1. The van der Waals surface area contributed by atoms with Crippen LogP contribution in [0.4, 0.5) is 0 Å². The first-order valence-corrected chi connectivity index (χ1v) is 4.42. The molecule has 0 aliphatic heterocycles. The van der Waals surface area contributed by atoms with Gasteiger partial charge in [-0.1, -0.05) is 0 Å². The highest BCUT2D eigenvalue weighted by molar-refractivity contribution is 5.66. The van der Waals surface area contributed by atoms with Crippen LogP contribution in [-0.2, 0) is 9.53 Å². The molecule has 0 aromatic rings. The number of aliphatic hydroxyl groups is 1. The molecule has 3 saturated carbocycles. The zero-order chi connectivity index (χ0) is 8.77. The van der Waals surface area contributed by atoms with Crippen LogP contribution in [0.2, 0.25) is 0 Å². The average Bonchev–Trinajstić information content (AvgIpc) is 1.82. The van der Waals surface area contributed by atoms with Crippen LogP contribution in [0.3, 0.4) is 0 Å². The molecular formula is C9H14O3. The molecule has 0 amide bonds. The van der Waals surface area contributed by atoms with Crippen molar-refractivity contribution in [2.24, 2.45) is 17.3 Å². The first kappa shape index (κ1) is 8.05. The molecule has 12 heavy (non-hydrogen) atoms. The minimum Gasteiger partial charge on any atom is -0.465 e. The van der Waals surface area contributed by atoms with Crippen molar-refractivity contribution in [1.82, 2.24) is 0 Å². The largest absolute Gasteiger partial charge is 0.465 e. The summed E-state index contributed by atoms with van der Waals surface area (Å²) in [5, 5.41) is 8.98. The number of rotatable bonds is 3. The van der Waals surface area contributed by atoms with Crippen LogP contribution in [-0.4, -0.2) is 24.3 Å². The summed E-state index contributed by atoms with van der Waals surface area (Å²) < 4.78 is 4.97. The summed E-state index contributed by atoms with van der Waals surface area (Å²) in [7, 11) is 0. The fourth-order valence-corrected chi connectivity index (χ4v) is 2.56. The molecule has 0 radical (unpaired) electrons. The second-order valence-electron chi connectivity index (χ2n) is 4.10. The van der Waals surface area contributed by atoms with Gasteiger partial charge in [-0.2, -0.15) is 0 Å². The number of ether oxygens (including phenoxy) is 1. The van der Waals surface area contributed by atoms with Crippen molar-refractivity contribution in [2.75, 3.05) is 13.2 Å². The highest BCUT2D eigenvalue weighted by atomic mass is 16.5. The zero-order valence-electron chi connectivity index (χ0n) is 7.25. The standard InChI is InChI=1S/C9H14O3/c1-6(11)12-5-9-2-7(3-9)8(9)4-10/h7-8,10H,2-5H2,1H3. The SMILES string of the molecule is CC(=O)OCC12CC(C1)C2CO. The predicted molar refractivity (Wildman–Crippen MR) is 42.4 cm³/mol. The molecule has 3 heteroatoms. The maximum Gasteiger partial charge on any atom is 0.302 e. The van der Waals surface area contributed by atoms with E-state index < -0.39 is 0 Å². The van der Waals surface area contributed by atoms with Gasteiger partial charge in [0, 0.05) is 18.9 Å². The van der Waals surface area contributed by atoms with Crippen LogP contribution < -0.4 is 0 Å². The fourth-order valence-electron chi connectivity index (χ4n) is 2.56. The molecule has 1 unspecified atom stereocenters. The Morgan fingerprint density at radius 3 is 2.67 bits per heavy atom. The van der Waals surface area contributed by atoms with E-state index in [1.807, 2.05) is 0 Å².